The molecule has 1 aromatic carbocycles. The summed E-state index contributed by atoms with van der Waals surface area (Å²) in [4.78, 5) is 10.7. The van der Waals surface area contributed by atoms with Gasteiger partial charge in [0.25, 0.3) is 0 Å². The van der Waals surface area contributed by atoms with Crippen LogP contribution in [0.15, 0.2) is 18.2 Å². The van der Waals surface area contributed by atoms with Crippen molar-refractivity contribution in [3.63, 3.8) is 0 Å². The predicted octanol–water partition coefficient (Wildman–Crippen LogP) is 0.753. The van der Waals surface area contributed by atoms with Crippen LogP contribution in [-0.2, 0) is 17.8 Å². The Balaban J connectivity index is 3.01. The molecule has 0 heterocycles. The number of nitriles is 1. The van der Waals surface area contributed by atoms with Crippen LogP contribution in [0.3, 0.4) is 0 Å². The number of aliphatic hydroxyl groups is 2. The molecule has 17 heavy (non-hydrogen) atoms. The highest BCUT2D eigenvalue weighted by Gasteiger charge is 2.19. The van der Waals surface area contributed by atoms with Crippen LogP contribution in [0, 0.1) is 11.3 Å². The molecule has 0 aromatic heterocycles. The van der Waals surface area contributed by atoms with E-state index in [0.29, 0.717) is 18.4 Å². The fourth-order valence-corrected chi connectivity index (χ4v) is 1.55. The van der Waals surface area contributed by atoms with Crippen LogP contribution >= 0.6 is 0 Å². The molecule has 90 valence electrons. The molecule has 5 nitrogen and oxygen atoms in total. The van der Waals surface area contributed by atoms with E-state index in [1.807, 2.05) is 6.07 Å². The van der Waals surface area contributed by atoms with Gasteiger partial charge in [-0.15, -0.1) is 0 Å². The summed E-state index contributed by atoms with van der Waals surface area (Å²) in [6.45, 7) is -0.347. The third-order valence-electron chi connectivity index (χ3n) is 2.43. The van der Waals surface area contributed by atoms with Gasteiger partial charge in [-0.2, -0.15) is 5.26 Å². The lowest BCUT2D eigenvalue weighted by Gasteiger charge is -2.12. The molecule has 0 aliphatic heterocycles. The van der Waals surface area contributed by atoms with Crippen molar-refractivity contribution in [3.05, 3.63) is 34.9 Å². The monoisotopic (exact) mass is 235 g/mol. The largest absolute Gasteiger partial charge is 0.479 e. The number of aliphatic hydroxyl groups excluding tert-OH is 2. The Labute approximate surface area is 98.6 Å². The van der Waals surface area contributed by atoms with Crippen molar-refractivity contribution >= 4 is 5.97 Å². The molecule has 1 atom stereocenters. The van der Waals surface area contributed by atoms with E-state index in [4.69, 9.17) is 15.5 Å². The van der Waals surface area contributed by atoms with Gasteiger partial charge in [0.15, 0.2) is 6.10 Å². The van der Waals surface area contributed by atoms with E-state index in [1.54, 1.807) is 12.1 Å². The van der Waals surface area contributed by atoms with Crippen LogP contribution in [-0.4, -0.2) is 21.3 Å². The van der Waals surface area contributed by atoms with E-state index in [1.165, 1.54) is 6.07 Å². The Morgan fingerprint density at radius 1 is 1.47 bits per heavy atom. The second kappa shape index (κ2) is 5.99. The molecule has 0 amide bonds. The summed E-state index contributed by atoms with van der Waals surface area (Å²) in [5, 5.41) is 35.7. The zero-order chi connectivity index (χ0) is 12.8. The number of aryl methyl sites for hydroxylation is 1. The first-order valence-corrected chi connectivity index (χ1v) is 5.10. The molecule has 0 bridgehead atoms. The molecule has 1 rings (SSSR count). The lowest BCUT2D eigenvalue weighted by Crippen LogP contribution is -2.13. The van der Waals surface area contributed by atoms with Gasteiger partial charge in [-0.05, 0) is 23.1 Å². The first kappa shape index (κ1) is 13.2. The minimum absolute atomic E-state index is 0.181. The quantitative estimate of drug-likeness (QED) is 0.699. The van der Waals surface area contributed by atoms with Crippen molar-refractivity contribution in [3.8, 4) is 6.07 Å². The summed E-state index contributed by atoms with van der Waals surface area (Å²) in [5.41, 5.74) is 1.38. The zero-order valence-corrected chi connectivity index (χ0v) is 9.13. The van der Waals surface area contributed by atoms with Gasteiger partial charge in [0, 0.05) is 6.42 Å². The van der Waals surface area contributed by atoms with Crippen molar-refractivity contribution in [2.24, 2.45) is 0 Å². The molecular formula is C12H13NO4. The predicted molar refractivity (Wildman–Crippen MR) is 58.9 cm³/mol. The van der Waals surface area contributed by atoms with Gasteiger partial charge < -0.3 is 15.3 Å². The summed E-state index contributed by atoms with van der Waals surface area (Å²) < 4.78 is 0. The highest BCUT2D eigenvalue weighted by Crippen LogP contribution is 2.20. The number of nitrogens with zero attached hydrogens (tertiary/aromatic N) is 1. The van der Waals surface area contributed by atoms with Crippen LogP contribution in [0.1, 0.15) is 29.2 Å². The number of carboxylic acids is 1. The maximum absolute atomic E-state index is 10.7. The molecule has 1 unspecified atom stereocenters. The van der Waals surface area contributed by atoms with Crippen LogP contribution in [0.2, 0.25) is 0 Å². The van der Waals surface area contributed by atoms with E-state index in [2.05, 4.69) is 0 Å². The van der Waals surface area contributed by atoms with Gasteiger partial charge in [-0.3, -0.25) is 0 Å². The molecular weight excluding hydrogens is 222 g/mol. The van der Waals surface area contributed by atoms with Gasteiger partial charge in [-0.25, -0.2) is 4.79 Å². The fourth-order valence-electron chi connectivity index (χ4n) is 1.55. The molecule has 0 saturated heterocycles. The van der Waals surface area contributed by atoms with Crippen molar-refractivity contribution in [2.75, 3.05) is 0 Å². The topological polar surface area (TPSA) is 102 Å². The normalized spacial score (nSPS) is 11.8. The average molecular weight is 235 g/mol. The second-order valence-electron chi connectivity index (χ2n) is 3.59. The minimum Gasteiger partial charge on any atom is -0.479 e. The van der Waals surface area contributed by atoms with Gasteiger partial charge in [0.2, 0.25) is 0 Å². The maximum Gasteiger partial charge on any atom is 0.337 e. The number of hydrogen-bond acceptors (Lipinski definition) is 4. The van der Waals surface area contributed by atoms with Crippen LogP contribution in [0.25, 0.3) is 0 Å². The Kier molecular flexibility index (Phi) is 4.64. The van der Waals surface area contributed by atoms with E-state index in [0.717, 1.165) is 5.56 Å². The molecule has 3 N–H and O–H groups in total. The first-order chi connectivity index (χ1) is 8.10. The molecule has 0 aliphatic carbocycles. The molecule has 0 radical (unpaired) electrons. The highest BCUT2D eigenvalue weighted by atomic mass is 16.4. The van der Waals surface area contributed by atoms with Gasteiger partial charge in [0.05, 0.1) is 12.7 Å². The van der Waals surface area contributed by atoms with Crippen molar-refractivity contribution < 1.29 is 20.1 Å². The van der Waals surface area contributed by atoms with Gasteiger partial charge in [0.1, 0.15) is 0 Å². The Morgan fingerprint density at radius 3 is 2.71 bits per heavy atom. The number of aliphatic carboxylic acids is 1. The van der Waals surface area contributed by atoms with Crippen molar-refractivity contribution in [1.82, 2.24) is 0 Å². The number of benzene rings is 1. The molecule has 0 saturated carbocycles. The fraction of sp³-hybridized carbons (Fsp3) is 0.333. The van der Waals surface area contributed by atoms with Gasteiger partial charge >= 0.3 is 5.97 Å². The Bertz CT molecular complexity index is 450. The number of carboxylic acid groups (broad SMARTS) is 1. The summed E-state index contributed by atoms with van der Waals surface area (Å²) in [5.74, 6) is -1.36. The van der Waals surface area contributed by atoms with E-state index in [-0.39, 0.29) is 12.2 Å². The lowest BCUT2D eigenvalue weighted by molar-refractivity contribution is -0.147. The zero-order valence-electron chi connectivity index (χ0n) is 9.13. The number of carbonyl (C=O) groups is 1. The van der Waals surface area contributed by atoms with Crippen LogP contribution in [0.5, 0.6) is 0 Å². The van der Waals surface area contributed by atoms with E-state index in [9.17, 15) is 9.90 Å². The van der Waals surface area contributed by atoms with E-state index >= 15 is 0 Å². The smallest absolute Gasteiger partial charge is 0.337 e. The third kappa shape index (κ3) is 3.28. The minimum atomic E-state index is -1.64. The first-order valence-electron chi connectivity index (χ1n) is 5.10. The third-order valence-corrected chi connectivity index (χ3v) is 2.43. The summed E-state index contributed by atoms with van der Waals surface area (Å²) in [6, 6.07) is 6.73. The summed E-state index contributed by atoms with van der Waals surface area (Å²) in [6.07, 6.45) is -0.749. The maximum atomic E-state index is 10.7. The number of rotatable bonds is 5. The van der Waals surface area contributed by atoms with Crippen LogP contribution in [0.4, 0.5) is 0 Å². The lowest BCUT2D eigenvalue weighted by atomic mass is 9.98. The Morgan fingerprint density at radius 2 is 2.18 bits per heavy atom. The highest BCUT2D eigenvalue weighted by molar-refractivity contribution is 5.74. The standard InChI is InChI=1S/C12H13NO4/c13-5-1-2-8-3-4-10(9(6-8)7-14)11(15)12(16)17/h3-4,6,11,14-15H,1-2,7H2,(H,16,17). The average Bonchev–Trinajstić information content (AvgIpc) is 2.34. The van der Waals surface area contributed by atoms with Gasteiger partial charge in [-0.1, -0.05) is 18.2 Å². The molecule has 0 fully saturated rings. The summed E-state index contributed by atoms with van der Waals surface area (Å²) in [7, 11) is 0. The Hall–Kier alpha value is -1.90. The SMILES string of the molecule is N#CCCc1ccc(C(O)C(=O)O)c(CO)c1. The van der Waals surface area contributed by atoms with Crippen molar-refractivity contribution in [2.45, 2.75) is 25.6 Å². The molecule has 1 aromatic rings. The molecule has 5 heteroatoms. The van der Waals surface area contributed by atoms with Crippen molar-refractivity contribution in [1.29, 1.82) is 5.26 Å². The van der Waals surface area contributed by atoms with E-state index < -0.39 is 12.1 Å². The van der Waals surface area contributed by atoms with Crippen LogP contribution < -0.4 is 0 Å². The molecule has 0 aliphatic rings. The second-order valence-corrected chi connectivity index (χ2v) is 3.59. The number of hydrogen-bond donors (Lipinski definition) is 3. The molecule has 0 spiro atoms. The summed E-state index contributed by atoms with van der Waals surface area (Å²) >= 11 is 0.